The molecule has 0 saturated carbocycles. The first-order valence-electron chi connectivity index (χ1n) is 19.8. The van der Waals surface area contributed by atoms with Crippen molar-refractivity contribution in [3.05, 3.63) is 138 Å². The van der Waals surface area contributed by atoms with Gasteiger partial charge in [0, 0.05) is 37.1 Å². The number of ether oxygens (including phenoxy) is 4. The first-order chi connectivity index (χ1) is 31.4. The third-order valence-electron chi connectivity index (χ3n) is 9.08. The average Bonchev–Trinajstić information content (AvgIpc) is 3.56. The summed E-state index contributed by atoms with van der Waals surface area (Å²) in [5.41, 5.74) is -7.03. The topological polar surface area (TPSA) is 166 Å². The van der Waals surface area contributed by atoms with Crippen LogP contribution in [0, 0.1) is 25.7 Å². The zero-order chi connectivity index (χ0) is 52.8. The van der Waals surface area contributed by atoms with Crippen LogP contribution in [0.1, 0.15) is 90.1 Å². The van der Waals surface area contributed by atoms with Gasteiger partial charge in [0.25, 0.3) is 5.60 Å². The minimum absolute atomic E-state index is 0.0356. The van der Waals surface area contributed by atoms with Gasteiger partial charge in [-0.05, 0) is 138 Å². The van der Waals surface area contributed by atoms with Crippen molar-refractivity contribution in [2.45, 2.75) is 90.1 Å². The van der Waals surface area contributed by atoms with Crippen molar-refractivity contribution in [2.75, 3.05) is 7.11 Å². The van der Waals surface area contributed by atoms with Crippen LogP contribution in [-0.4, -0.2) is 76.8 Å². The van der Waals surface area contributed by atoms with Crippen LogP contribution in [0.25, 0.3) is 5.57 Å². The molecule has 0 aromatic heterocycles. The zero-order valence-corrected chi connectivity index (χ0v) is 41.0. The van der Waals surface area contributed by atoms with Crippen LogP contribution in [0.3, 0.4) is 0 Å². The van der Waals surface area contributed by atoms with Crippen LogP contribution in [0.4, 0.5) is 26.3 Å². The first-order valence-corrected chi connectivity index (χ1v) is 21.4. The highest BCUT2D eigenvalue weighted by Crippen LogP contribution is 2.50. The molecule has 0 bridgehead atoms. The molecule has 0 aliphatic carbocycles. The van der Waals surface area contributed by atoms with Crippen LogP contribution in [0.15, 0.2) is 78.9 Å². The van der Waals surface area contributed by atoms with Crippen molar-refractivity contribution in [3.63, 3.8) is 0 Å². The third kappa shape index (κ3) is 15.4. The highest BCUT2D eigenvalue weighted by atomic mass is 35.5. The van der Waals surface area contributed by atoms with E-state index in [2.05, 4.69) is 4.74 Å². The van der Waals surface area contributed by atoms with E-state index < -0.39 is 76.9 Å². The number of rotatable bonds is 6. The summed E-state index contributed by atoms with van der Waals surface area (Å²) in [6.07, 6.45) is -9.44. The summed E-state index contributed by atoms with van der Waals surface area (Å²) in [6, 6.07) is 15.1. The van der Waals surface area contributed by atoms with Crippen molar-refractivity contribution in [1.82, 2.24) is 0 Å². The maximum absolute atomic E-state index is 14.2. The van der Waals surface area contributed by atoms with Crippen LogP contribution < -0.4 is 5.46 Å². The number of hydrogen-bond acceptors (Lipinski definition) is 11. The van der Waals surface area contributed by atoms with Crippen LogP contribution in [-0.2, 0) is 39.7 Å². The number of aryl methyl sites for hydroxylation is 2. The molecular weight excluding hydrogens is 1010 g/mol. The van der Waals surface area contributed by atoms with E-state index in [1.54, 1.807) is 67.4 Å². The molecule has 1 aliphatic heterocycles. The second-order valence-electron chi connectivity index (χ2n) is 16.9. The molecule has 4 aromatic carbocycles. The molecule has 69 heavy (non-hydrogen) atoms. The molecule has 2 atom stereocenters. The smallest absolute Gasteiger partial charge is 0.459 e. The quantitative estimate of drug-likeness (QED) is 0.0420. The van der Waals surface area contributed by atoms with Gasteiger partial charge >= 0.3 is 43.3 Å². The molecule has 0 spiro atoms. The van der Waals surface area contributed by atoms with Crippen molar-refractivity contribution < 1.29 is 79.6 Å². The first kappa shape index (κ1) is 58.1. The molecule has 4 aromatic rings. The molecule has 5 rings (SSSR count). The van der Waals surface area contributed by atoms with Crippen LogP contribution in [0.5, 0.6) is 0 Å². The molecule has 370 valence electrons. The van der Waals surface area contributed by atoms with Gasteiger partial charge in [-0.1, -0.05) is 70.7 Å². The van der Waals surface area contributed by atoms with E-state index >= 15 is 0 Å². The Bertz CT molecular complexity index is 2660. The lowest BCUT2D eigenvalue weighted by atomic mass is 9.79. The maximum atomic E-state index is 14.2. The fourth-order valence-electron chi connectivity index (χ4n) is 5.97. The van der Waals surface area contributed by atoms with Gasteiger partial charge in [-0.25, -0.2) is 19.2 Å². The number of carbonyl (C=O) groups excluding carboxylic acids is 4. The lowest BCUT2D eigenvalue weighted by Gasteiger charge is -2.29. The van der Waals surface area contributed by atoms with Gasteiger partial charge in [-0.15, -0.1) is 0 Å². The van der Waals surface area contributed by atoms with E-state index in [1.165, 1.54) is 48.4 Å². The fraction of sp³-hybridized carbons (Fsp3) is 0.319. The Balaban J connectivity index is 0.000000294. The molecule has 0 saturated heterocycles. The van der Waals surface area contributed by atoms with Crippen molar-refractivity contribution in [3.8, 4) is 11.8 Å². The van der Waals surface area contributed by atoms with Crippen molar-refractivity contribution in [1.29, 1.82) is 0 Å². The summed E-state index contributed by atoms with van der Waals surface area (Å²) in [4.78, 5) is 47.5. The number of halogens is 10. The van der Waals surface area contributed by atoms with Gasteiger partial charge in [0.05, 0.1) is 23.8 Å². The molecule has 22 heteroatoms. The Morgan fingerprint density at radius 3 is 1.54 bits per heavy atom. The number of methoxy groups -OCH3 is 1. The standard InChI is InChI=1S/C23H19Cl2F3O4.C12H17BO4.C12H7Cl2F3O3/c1-12-7-13(5-6-17(12)19(29)31-21(2,3)4)18-11-22(23(26,27)28,32-20(18)30)14-8-15(24)10-16(25)9-14;1-8-7-9(13(15)16)5-6-10(8)11(14)17-12(2,3)4;1-20-10(18)2-3-11(19,12(15,16)17)7-4-8(13)6-9(14)5-7/h5-11H,1-4H3;5-7,15-16H,1-4H3;4-6,19H,1H3. The third-order valence-corrected chi connectivity index (χ3v) is 9.95. The molecule has 1 aliphatic rings. The molecule has 3 N–H and O–H groups in total. The SMILES string of the molecule is COC(=O)C#CC(O)(c1cc(Cl)cc(Cl)c1)C(F)(F)F.Cc1cc(B(O)O)ccc1C(=O)OC(C)(C)C.Cc1cc(C2=CC(c3cc(Cl)cc(Cl)c3)(C(F)(F)F)OC2=O)ccc1C(=O)OC(C)(C)C. The van der Waals surface area contributed by atoms with E-state index in [4.69, 9.17) is 70.7 Å². The molecule has 2 unspecified atom stereocenters. The second kappa shape index (κ2) is 22.2. The van der Waals surface area contributed by atoms with Gasteiger partial charge in [0.2, 0.25) is 5.60 Å². The van der Waals surface area contributed by atoms with Crippen LogP contribution in [0.2, 0.25) is 20.1 Å². The monoisotopic (exact) mass is 1050 g/mol. The zero-order valence-electron chi connectivity index (χ0n) is 38.0. The van der Waals surface area contributed by atoms with Gasteiger partial charge < -0.3 is 34.1 Å². The van der Waals surface area contributed by atoms with Crippen molar-refractivity contribution in [2.24, 2.45) is 0 Å². The molecular formula is C47H43BCl4F6O11. The Morgan fingerprint density at radius 1 is 0.696 bits per heavy atom. The summed E-state index contributed by atoms with van der Waals surface area (Å²) in [5, 5.41) is 27.5. The Labute approximate surface area is 413 Å². The normalized spacial score (nSPS) is 15.6. The number of cyclic esters (lactones) is 1. The van der Waals surface area contributed by atoms with E-state index in [-0.39, 0.29) is 36.8 Å². The fourth-order valence-corrected chi connectivity index (χ4v) is 7.02. The second-order valence-corrected chi connectivity index (χ2v) is 18.7. The number of hydrogen-bond donors (Lipinski definition) is 3. The Morgan fingerprint density at radius 2 is 1.14 bits per heavy atom. The molecule has 11 nitrogen and oxygen atoms in total. The van der Waals surface area contributed by atoms with Gasteiger partial charge in [0.15, 0.2) is 0 Å². The Kier molecular flexibility index (Phi) is 18.7. The molecule has 0 radical (unpaired) electrons. The lowest BCUT2D eigenvalue weighted by molar-refractivity contribution is -0.250. The van der Waals surface area contributed by atoms with Gasteiger partial charge in [0.1, 0.15) is 11.2 Å². The summed E-state index contributed by atoms with van der Waals surface area (Å²) in [7, 11) is -0.582. The summed E-state index contributed by atoms with van der Waals surface area (Å²) >= 11 is 23.0. The highest BCUT2D eigenvalue weighted by molar-refractivity contribution is 6.58. The summed E-state index contributed by atoms with van der Waals surface area (Å²) in [6.45, 7) is 13.9. The number of benzene rings is 4. The van der Waals surface area contributed by atoms with E-state index in [9.17, 15) is 50.6 Å². The van der Waals surface area contributed by atoms with Crippen LogP contribution >= 0.6 is 46.4 Å². The summed E-state index contributed by atoms with van der Waals surface area (Å²) < 4.78 is 101. The average molecular weight is 1050 g/mol. The largest absolute Gasteiger partial charge is 0.488 e. The highest BCUT2D eigenvalue weighted by Gasteiger charge is 2.62. The van der Waals surface area contributed by atoms with Gasteiger partial charge in [-0.3, -0.25) is 0 Å². The Hall–Kier alpha value is -5.26. The minimum atomic E-state index is -5.16. The maximum Gasteiger partial charge on any atom is 0.488 e. The molecule has 1 heterocycles. The molecule has 0 fully saturated rings. The van der Waals surface area contributed by atoms with E-state index in [1.807, 2.05) is 0 Å². The number of carbonyl (C=O) groups is 4. The summed E-state index contributed by atoms with van der Waals surface area (Å²) in [5.74, 6) is -0.379. The van der Waals surface area contributed by atoms with E-state index in [0.29, 0.717) is 28.2 Å². The van der Waals surface area contributed by atoms with Gasteiger partial charge in [-0.2, -0.15) is 26.3 Å². The molecule has 0 amide bonds. The van der Waals surface area contributed by atoms with Crippen molar-refractivity contribution >= 4 is 88.4 Å². The number of alkyl halides is 6. The lowest BCUT2D eigenvalue weighted by Crippen LogP contribution is -2.41. The number of aliphatic hydroxyl groups is 1. The predicted molar refractivity (Wildman–Crippen MR) is 247 cm³/mol. The number of esters is 4. The predicted octanol–water partition coefficient (Wildman–Crippen LogP) is 10.2. The minimum Gasteiger partial charge on any atom is -0.459 e. The van der Waals surface area contributed by atoms with E-state index in [0.717, 1.165) is 31.4 Å².